The summed E-state index contributed by atoms with van der Waals surface area (Å²) in [6.45, 7) is 6.62. The molecule has 1 aromatic heterocycles. The first kappa shape index (κ1) is 22.7. The monoisotopic (exact) mass is 443 g/mol. The number of hydrogen-bond donors (Lipinski definition) is 1. The lowest BCUT2D eigenvalue weighted by Crippen LogP contribution is -2.36. The second-order valence-corrected chi connectivity index (χ2v) is 9.57. The van der Waals surface area contributed by atoms with Gasteiger partial charge in [0.15, 0.2) is 5.58 Å². The highest BCUT2D eigenvalue weighted by atomic mass is 32.2. The summed E-state index contributed by atoms with van der Waals surface area (Å²) >= 11 is 3.83. The highest BCUT2D eigenvalue weighted by molar-refractivity contribution is 7.99. The average molecular weight is 444 g/mol. The summed E-state index contributed by atoms with van der Waals surface area (Å²) in [6.07, 6.45) is 0. The molecule has 1 N–H and O–H groups in total. The van der Waals surface area contributed by atoms with Crippen molar-refractivity contribution < 1.29 is 9.21 Å². The first-order valence-electron chi connectivity index (χ1n) is 10.3. The van der Waals surface area contributed by atoms with Gasteiger partial charge in [0.1, 0.15) is 5.52 Å². The van der Waals surface area contributed by atoms with Crippen molar-refractivity contribution in [3.05, 3.63) is 48.5 Å². The molecule has 0 saturated carbocycles. The van der Waals surface area contributed by atoms with Crippen molar-refractivity contribution in [2.24, 2.45) is 0 Å². The molecule has 160 valence electrons. The van der Waals surface area contributed by atoms with Gasteiger partial charge in [-0.2, -0.15) is 23.5 Å². The number of para-hydroxylation sites is 2. The number of carbonyl (C=O) groups excluding carboxylic acids is 1. The van der Waals surface area contributed by atoms with Gasteiger partial charge in [-0.25, -0.2) is 4.98 Å². The number of rotatable bonds is 12. The minimum atomic E-state index is 0.0209. The molecule has 0 bridgehead atoms. The average Bonchev–Trinajstić information content (AvgIpc) is 3.18. The first-order chi connectivity index (χ1) is 14.7. The van der Waals surface area contributed by atoms with Crippen molar-refractivity contribution in [1.29, 1.82) is 0 Å². The van der Waals surface area contributed by atoms with Crippen LogP contribution in [-0.4, -0.2) is 58.4 Å². The minimum Gasteiger partial charge on any atom is -0.436 e. The molecule has 0 spiro atoms. The van der Waals surface area contributed by atoms with E-state index in [0.717, 1.165) is 58.5 Å². The van der Waals surface area contributed by atoms with Gasteiger partial charge in [0, 0.05) is 35.8 Å². The number of benzene rings is 2. The van der Waals surface area contributed by atoms with Gasteiger partial charge in [0.25, 0.3) is 0 Å². The molecule has 1 amide bonds. The molecule has 2 aromatic carbocycles. The van der Waals surface area contributed by atoms with Gasteiger partial charge in [0.05, 0.1) is 6.54 Å². The number of aromatic nitrogens is 1. The maximum Gasteiger partial charge on any atom is 0.238 e. The van der Waals surface area contributed by atoms with E-state index in [-0.39, 0.29) is 5.91 Å². The molecule has 3 rings (SSSR count). The maximum atomic E-state index is 12.6. The molecule has 3 aromatic rings. The second kappa shape index (κ2) is 12.0. The largest absolute Gasteiger partial charge is 0.436 e. The SMILES string of the molecule is CCSCCN(CCSCC)CC(=O)Nc1ccc(-c2nc3ccccc3o2)cc1. The van der Waals surface area contributed by atoms with Gasteiger partial charge in [0.2, 0.25) is 11.8 Å². The van der Waals surface area contributed by atoms with Gasteiger partial charge >= 0.3 is 0 Å². The third-order valence-electron chi connectivity index (χ3n) is 4.59. The lowest BCUT2D eigenvalue weighted by atomic mass is 10.2. The zero-order valence-corrected chi connectivity index (χ0v) is 19.2. The molecule has 0 radical (unpaired) electrons. The predicted octanol–water partition coefficient (Wildman–Crippen LogP) is 5.24. The van der Waals surface area contributed by atoms with Crippen LogP contribution in [0, 0.1) is 0 Å². The van der Waals surface area contributed by atoms with Crippen LogP contribution < -0.4 is 5.32 Å². The molecular weight excluding hydrogens is 414 g/mol. The maximum absolute atomic E-state index is 12.6. The molecule has 5 nitrogen and oxygen atoms in total. The summed E-state index contributed by atoms with van der Waals surface area (Å²) in [7, 11) is 0. The Labute approximate surface area is 187 Å². The van der Waals surface area contributed by atoms with E-state index in [2.05, 4.69) is 29.0 Å². The molecule has 0 atom stereocenters. The Kier molecular flexibility index (Phi) is 9.11. The molecule has 0 saturated heterocycles. The number of amides is 1. The molecular formula is C23H29N3O2S2. The lowest BCUT2D eigenvalue weighted by Gasteiger charge is -2.21. The van der Waals surface area contributed by atoms with E-state index >= 15 is 0 Å². The Morgan fingerprint density at radius 3 is 2.30 bits per heavy atom. The zero-order valence-electron chi connectivity index (χ0n) is 17.6. The minimum absolute atomic E-state index is 0.0209. The third-order valence-corrected chi connectivity index (χ3v) is 6.35. The summed E-state index contributed by atoms with van der Waals surface area (Å²) in [4.78, 5) is 19.3. The molecule has 0 aliphatic heterocycles. The highest BCUT2D eigenvalue weighted by Crippen LogP contribution is 2.25. The number of anilines is 1. The number of nitrogens with one attached hydrogen (secondary N) is 1. The predicted molar refractivity (Wildman–Crippen MR) is 131 cm³/mol. The van der Waals surface area contributed by atoms with E-state index in [1.165, 1.54) is 0 Å². The number of hydrogen-bond acceptors (Lipinski definition) is 6. The molecule has 0 aliphatic rings. The Morgan fingerprint density at radius 1 is 1.00 bits per heavy atom. The number of thioether (sulfide) groups is 2. The summed E-state index contributed by atoms with van der Waals surface area (Å²) in [5.74, 6) is 4.93. The molecule has 30 heavy (non-hydrogen) atoms. The number of nitrogens with zero attached hydrogens (tertiary/aromatic N) is 2. The van der Waals surface area contributed by atoms with E-state index in [4.69, 9.17) is 4.42 Å². The summed E-state index contributed by atoms with van der Waals surface area (Å²) in [5.41, 5.74) is 3.28. The fourth-order valence-electron chi connectivity index (χ4n) is 3.04. The lowest BCUT2D eigenvalue weighted by molar-refractivity contribution is -0.117. The summed E-state index contributed by atoms with van der Waals surface area (Å²) in [5, 5.41) is 3.01. The highest BCUT2D eigenvalue weighted by Gasteiger charge is 2.12. The van der Waals surface area contributed by atoms with Crippen molar-refractivity contribution in [1.82, 2.24) is 9.88 Å². The van der Waals surface area contributed by atoms with E-state index in [1.807, 2.05) is 72.1 Å². The number of carbonyl (C=O) groups is 1. The normalized spacial score (nSPS) is 11.3. The van der Waals surface area contributed by atoms with E-state index in [1.54, 1.807) is 0 Å². The zero-order chi connectivity index (χ0) is 21.2. The van der Waals surface area contributed by atoms with Crippen LogP contribution in [0.1, 0.15) is 13.8 Å². The first-order valence-corrected chi connectivity index (χ1v) is 12.6. The van der Waals surface area contributed by atoms with Crippen LogP contribution >= 0.6 is 23.5 Å². The van der Waals surface area contributed by atoms with Gasteiger partial charge < -0.3 is 9.73 Å². The number of fused-ring (bicyclic) bond motifs is 1. The van der Waals surface area contributed by atoms with Crippen LogP contribution in [0.15, 0.2) is 52.9 Å². The van der Waals surface area contributed by atoms with Crippen LogP contribution in [0.3, 0.4) is 0 Å². The molecule has 1 heterocycles. The van der Waals surface area contributed by atoms with Crippen molar-refractivity contribution in [2.45, 2.75) is 13.8 Å². The van der Waals surface area contributed by atoms with Crippen LogP contribution in [-0.2, 0) is 4.79 Å². The van der Waals surface area contributed by atoms with Crippen molar-refractivity contribution >= 4 is 46.2 Å². The van der Waals surface area contributed by atoms with Crippen molar-refractivity contribution in [2.75, 3.05) is 48.0 Å². The fourth-order valence-corrected chi connectivity index (χ4v) is 4.39. The summed E-state index contributed by atoms with van der Waals surface area (Å²) < 4.78 is 5.81. The van der Waals surface area contributed by atoms with Crippen molar-refractivity contribution in [3.8, 4) is 11.5 Å². The molecule has 0 fully saturated rings. The quantitative estimate of drug-likeness (QED) is 0.386. The number of oxazole rings is 1. The molecule has 0 aliphatic carbocycles. The Bertz CT molecular complexity index is 885. The van der Waals surface area contributed by atoms with Gasteiger partial charge in [-0.3, -0.25) is 9.69 Å². The standard InChI is InChI=1S/C23H29N3O2S2/c1-3-29-15-13-26(14-16-30-4-2)17-22(27)24-19-11-9-18(10-12-19)23-25-20-7-5-6-8-21(20)28-23/h5-12H,3-4,13-17H2,1-2H3,(H,24,27). The van der Waals surface area contributed by atoms with Gasteiger partial charge in [-0.05, 0) is 47.9 Å². The molecule has 0 unspecified atom stereocenters. The second-order valence-electron chi connectivity index (χ2n) is 6.78. The van der Waals surface area contributed by atoms with Crippen molar-refractivity contribution in [3.63, 3.8) is 0 Å². The Hall–Kier alpha value is -1.96. The third kappa shape index (κ3) is 6.79. The van der Waals surface area contributed by atoms with Crippen LogP contribution in [0.4, 0.5) is 5.69 Å². The summed E-state index contributed by atoms with van der Waals surface area (Å²) in [6, 6.07) is 15.4. The van der Waals surface area contributed by atoms with Crippen LogP contribution in [0.25, 0.3) is 22.6 Å². The van der Waals surface area contributed by atoms with Crippen LogP contribution in [0.5, 0.6) is 0 Å². The molecule has 7 heteroatoms. The fraction of sp³-hybridized carbons (Fsp3) is 0.391. The van der Waals surface area contributed by atoms with Gasteiger partial charge in [-0.15, -0.1) is 0 Å². The smallest absolute Gasteiger partial charge is 0.238 e. The van der Waals surface area contributed by atoms with Crippen LogP contribution in [0.2, 0.25) is 0 Å². The van der Waals surface area contributed by atoms with E-state index in [9.17, 15) is 4.79 Å². The Balaban J connectivity index is 1.56. The topological polar surface area (TPSA) is 58.4 Å². The van der Waals surface area contributed by atoms with E-state index in [0.29, 0.717) is 12.4 Å². The van der Waals surface area contributed by atoms with Gasteiger partial charge in [-0.1, -0.05) is 26.0 Å². The van der Waals surface area contributed by atoms with E-state index < -0.39 is 0 Å². The Morgan fingerprint density at radius 2 is 1.67 bits per heavy atom.